The number of hydrogen-bond acceptors (Lipinski definition) is 2. The molecule has 0 saturated heterocycles. The molecule has 4 aliphatic rings. The molecule has 2 aromatic carbocycles. The van der Waals surface area contributed by atoms with Crippen molar-refractivity contribution in [2.45, 2.75) is 57.5 Å². The summed E-state index contributed by atoms with van der Waals surface area (Å²) < 4.78 is 0. The first-order valence-electron chi connectivity index (χ1n) is 11.1. The summed E-state index contributed by atoms with van der Waals surface area (Å²) in [5.74, 6) is 2.67. The third-order valence-electron chi connectivity index (χ3n) is 8.28. The fourth-order valence-corrected chi connectivity index (χ4v) is 7.41. The molecule has 0 amide bonds. The first-order valence-corrected chi connectivity index (χ1v) is 11.1. The van der Waals surface area contributed by atoms with Crippen LogP contribution < -0.4 is 9.80 Å². The molecule has 4 saturated carbocycles. The monoisotopic (exact) mass is 374 g/mol. The van der Waals surface area contributed by atoms with Gasteiger partial charge in [-0.25, -0.2) is 0 Å². The van der Waals surface area contributed by atoms with Gasteiger partial charge in [0.15, 0.2) is 0 Å². The SMILES string of the molecule is Cc1ccccc1N(C)C1C2CC3CC(C2)CC1(N(C)c1ccccc1C)C3. The van der Waals surface area contributed by atoms with E-state index in [4.69, 9.17) is 0 Å². The molecule has 2 nitrogen and oxygen atoms in total. The Labute approximate surface area is 170 Å². The van der Waals surface area contributed by atoms with Crippen LogP contribution >= 0.6 is 0 Å². The van der Waals surface area contributed by atoms with Crippen LogP contribution in [-0.2, 0) is 0 Å². The van der Waals surface area contributed by atoms with E-state index in [9.17, 15) is 0 Å². The lowest BCUT2D eigenvalue weighted by Crippen LogP contribution is -2.71. The molecule has 3 unspecified atom stereocenters. The lowest BCUT2D eigenvalue weighted by Gasteiger charge is -2.66. The van der Waals surface area contributed by atoms with Crippen LogP contribution in [0.25, 0.3) is 0 Å². The smallest absolute Gasteiger partial charge is 0.0609 e. The van der Waals surface area contributed by atoms with Gasteiger partial charge in [-0.3, -0.25) is 0 Å². The van der Waals surface area contributed by atoms with Crippen molar-refractivity contribution in [3.63, 3.8) is 0 Å². The average molecular weight is 375 g/mol. The van der Waals surface area contributed by atoms with Crippen molar-refractivity contribution in [1.29, 1.82) is 0 Å². The lowest BCUT2D eigenvalue weighted by molar-refractivity contribution is -0.0226. The summed E-state index contributed by atoms with van der Waals surface area (Å²) in [5, 5.41) is 0. The molecule has 6 rings (SSSR count). The molecule has 2 aromatic rings. The zero-order valence-corrected chi connectivity index (χ0v) is 17.9. The molecule has 28 heavy (non-hydrogen) atoms. The van der Waals surface area contributed by atoms with Crippen molar-refractivity contribution >= 4 is 11.4 Å². The summed E-state index contributed by atoms with van der Waals surface area (Å²) in [6.07, 6.45) is 7.04. The van der Waals surface area contributed by atoms with E-state index >= 15 is 0 Å². The number of rotatable bonds is 4. The number of anilines is 2. The largest absolute Gasteiger partial charge is 0.369 e. The van der Waals surface area contributed by atoms with Crippen molar-refractivity contribution in [2.75, 3.05) is 23.9 Å². The zero-order valence-electron chi connectivity index (χ0n) is 17.9. The van der Waals surface area contributed by atoms with E-state index in [0.29, 0.717) is 6.04 Å². The Balaban J connectivity index is 1.60. The van der Waals surface area contributed by atoms with Crippen molar-refractivity contribution in [3.8, 4) is 0 Å². The summed E-state index contributed by atoms with van der Waals surface area (Å²) in [6, 6.07) is 18.5. The highest BCUT2D eigenvalue weighted by Crippen LogP contribution is 2.60. The molecular weight excluding hydrogens is 340 g/mol. The van der Waals surface area contributed by atoms with Crippen molar-refractivity contribution in [3.05, 3.63) is 59.7 Å². The molecule has 2 heteroatoms. The molecular formula is C26H34N2. The highest BCUT2D eigenvalue weighted by Gasteiger charge is 2.60. The summed E-state index contributed by atoms with van der Waals surface area (Å²) in [5.41, 5.74) is 5.88. The van der Waals surface area contributed by atoms with Gasteiger partial charge in [0.2, 0.25) is 0 Å². The maximum Gasteiger partial charge on any atom is 0.0609 e. The molecule has 0 aliphatic heterocycles. The molecule has 4 aliphatic carbocycles. The van der Waals surface area contributed by atoms with E-state index < -0.39 is 0 Å². The molecule has 0 N–H and O–H groups in total. The quantitative estimate of drug-likeness (QED) is 0.665. The number of hydrogen-bond donors (Lipinski definition) is 0. The fourth-order valence-electron chi connectivity index (χ4n) is 7.41. The standard InChI is InChI=1S/C26H34N2/c1-18-9-5-7-11-23(18)27(3)25-22-14-20-13-21(15-22)17-26(25,16-20)28(4)24-12-8-6-10-19(24)2/h5-12,20-22,25H,13-17H2,1-4H3. The van der Waals surface area contributed by atoms with Gasteiger partial charge in [-0.05, 0) is 87.0 Å². The van der Waals surface area contributed by atoms with Gasteiger partial charge >= 0.3 is 0 Å². The second-order valence-electron chi connectivity index (χ2n) is 9.90. The number of nitrogens with zero attached hydrogens (tertiary/aromatic N) is 2. The molecule has 148 valence electrons. The number of para-hydroxylation sites is 2. The van der Waals surface area contributed by atoms with E-state index in [1.165, 1.54) is 54.6 Å². The van der Waals surface area contributed by atoms with Crippen LogP contribution in [0.4, 0.5) is 11.4 Å². The summed E-state index contributed by atoms with van der Waals surface area (Å²) in [6.45, 7) is 4.53. The van der Waals surface area contributed by atoms with Crippen LogP contribution in [0.1, 0.15) is 43.2 Å². The third-order valence-corrected chi connectivity index (χ3v) is 8.28. The molecule has 4 bridgehead atoms. The van der Waals surface area contributed by atoms with E-state index in [1.54, 1.807) is 0 Å². The van der Waals surface area contributed by atoms with Gasteiger partial charge in [0.05, 0.1) is 11.6 Å². The lowest BCUT2D eigenvalue weighted by atomic mass is 9.49. The predicted octanol–water partition coefficient (Wildman–Crippen LogP) is 5.82. The van der Waals surface area contributed by atoms with Gasteiger partial charge < -0.3 is 9.80 Å². The van der Waals surface area contributed by atoms with Crippen LogP contribution in [-0.4, -0.2) is 25.7 Å². The Bertz CT molecular complexity index is 858. The zero-order chi connectivity index (χ0) is 19.5. The van der Waals surface area contributed by atoms with Gasteiger partial charge in [0, 0.05) is 25.5 Å². The highest BCUT2D eigenvalue weighted by molar-refractivity contribution is 5.59. The Hall–Kier alpha value is -1.96. The molecule has 4 fully saturated rings. The van der Waals surface area contributed by atoms with Gasteiger partial charge in [-0.2, -0.15) is 0 Å². The van der Waals surface area contributed by atoms with Crippen molar-refractivity contribution in [2.24, 2.45) is 17.8 Å². The second kappa shape index (κ2) is 6.54. The van der Waals surface area contributed by atoms with E-state index in [1.807, 2.05) is 0 Å². The van der Waals surface area contributed by atoms with Crippen LogP contribution in [0.2, 0.25) is 0 Å². The van der Waals surface area contributed by atoms with Gasteiger partial charge in [-0.15, -0.1) is 0 Å². The Kier molecular flexibility index (Phi) is 4.23. The van der Waals surface area contributed by atoms with Crippen LogP contribution in [0.15, 0.2) is 48.5 Å². The Morgan fingerprint density at radius 1 is 0.750 bits per heavy atom. The normalized spacial score (nSPS) is 33.1. The molecule has 0 radical (unpaired) electrons. The fraction of sp³-hybridized carbons (Fsp3) is 0.538. The summed E-state index contributed by atoms with van der Waals surface area (Å²) in [7, 11) is 4.75. The van der Waals surface area contributed by atoms with Gasteiger partial charge in [0.1, 0.15) is 0 Å². The second-order valence-corrected chi connectivity index (χ2v) is 9.90. The number of aryl methyl sites for hydroxylation is 2. The third kappa shape index (κ3) is 2.60. The highest BCUT2D eigenvalue weighted by atomic mass is 15.3. The molecule has 0 heterocycles. The van der Waals surface area contributed by atoms with Crippen LogP contribution in [0, 0.1) is 31.6 Å². The number of benzene rings is 2. The Morgan fingerprint density at radius 2 is 1.29 bits per heavy atom. The maximum absolute atomic E-state index is 2.70. The van der Waals surface area contributed by atoms with E-state index in [0.717, 1.165) is 17.8 Å². The first-order chi connectivity index (χ1) is 13.5. The van der Waals surface area contributed by atoms with Crippen molar-refractivity contribution in [1.82, 2.24) is 0 Å². The summed E-state index contributed by atoms with van der Waals surface area (Å²) >= 11 is 0. The van der Waals surface area contributed by atoms with Crippen molar-refractivity contribution < 1.29 is 0 Å². The minimum atomic E-state index is 0.248. The molecule has 0 aromatic heterocycles. The molecule has 0 spiro atoms. The minimum Gasteiger partial charge on any atom is -0.369 e. The topological polar surface area (TPSA) is 6.48 Å². The Morgan fingerprint density at radius 3 is 1.86 bits per heavy atom. The summed E-state index contributed by atoms with van der Waals surface area (Å²) in [4.78, 5) is 5.36. The van der Waals surface area contributed by atoms with Crippen LogP contribution in [0.5, 0.6) is 0 Å². The first kappa shape index (κ1) is 18.1. The molecule has 3 atom stereocenters. The number of likely N-dealkylation sites (N-methyl/N-ethyl adjacent to an activating group) is 2. The maximum atomic E-state index is 2.70. The minimum absolute atomic E-state index is 0.248. The average Bonchev–Trinajstić information content (AvgIpc) is 2.67. The van der Waals surface area contributed by atoms with E-state index in [-0.39, 0.29) is 5.54 Å². The van der Waals surface area contributed by atoms with Crippen LogP contribution in [0.3, 0.4) is 0 Å². The predicted molar refractivity (Wildman–Crippen MR) is 119 cm³/mol. The van der Waals surface area contributed by atoms with Gasteiger partial charge in [-0.1, -0.05) is 36.4 Å². The van der Waals surface area contributed by atoms with Gasteiger partial charge in [0.25, 0.3) is 0 Å². The van der Waals surface area contributed by atoms with E-state index in [2.05, 4.69) is 86.3 Å².